The summed E-state index contributed by atoms with van der Waals surface area (Å²) < 4.78 is 15.4. The Bertz CT molecular complexity index is 1080. The summed E-state index contributed by atoms with van der Waals surface area (Å²) >= 11 is 0. The number of benzene rings is 1. The molecule has 4 nitrogen and oxygen atoms in total. The standard InChI is InChI=1S/C29H41FN2O2/c1-27(34)12-13-28(2)19(15-27)4-6-21-22-7-8-24(29(22,3)11-10-23(21)28)26(33)17-32-16-18-14-20(30)5-9-25(18)31-32/h5,9,14,16,19,21-24,26,33-34H,4,6-8,10-13,15,17H2,1-3H3/t19-,21?,22-,23-,24+,26?,27+,28-,29?/m0/s1. The highest BCUT2D eigenvalue weighted by molar-refractivity contribution is 5.77. The van der Waals surface area contributed by atoms with Gasteiger partial charge in [-0.05, 0) is 123 Å². The predicted molar refractivity (Wildman–Crippen MR) is 132 cm³/mol. The number of aliphatic hydroxyl groups is 2. The quantitative estimate of drug-likeness (QED) is 0.586. The molecule has 9 atom stereocenters. The molecule has 1 aromatic carbocycles. The summed E-state index contributed by atoms with van der Waals surface area (Å²) in [6, 6.07) is 4.67. The van der Waals surface area contributed by atoms with Crippen LogP contribution < -0.4 is 0 Å². The zero-order chi connectivity index (χ0) is 23.9. The molecule has 4 fully saturated rings. The average molecular weight is 469 g/mol. The van der Waals surface area contributed by atoms with Gasteiger partial charge in [0, 0.05) is 11.6 Å². The fourth-order valence-corrected chi connectivity index (χ4v) is 9.56. The topological polar surface area (TPSA) is 58.3 Å². The molecule has 4 aliphatic carbocycles. The molecule has 2 N–H and O–H groups in total. The van der Waals surface area contributed by atoms with Gasteiger partial charge in [-0.15, -0.1) is 0 Å². The Morgan fingerprint density at radius 3 is 2.65 bits per heavy atom. The summed E-state index contributed by atoms with van der Waals surface area (Å²) in [6.45, 7) is 7.52. The smallest absolute Gasteiger partial charge is 0.124 e. The van der Waals surface area contributed by atoms with Crippen molar-refractivity contribution in [2.75, 3.05) is 0 Å². The SMILES string of the molecule is CC12CC[C@H]3C(CC[C@H]4C[C@](C)(O)CC[C@@]43C)[C@@H]1CC[C@@H]2C(O)Cn1cc2cc(F)ccc2n1. The number of rotatable bonds is 3. The van der Waals surface area contributed by atoms with Crippen LogP contribution in [0.5, 0.6) is 0 Å². The van der Waals surface area contributed by atoms with Gasteiger partial charge in [0.15, 0.2) is 0 Å². The minimum Gasteiger partial charge on any atom is -0.391 e. The van der Waals surface area contributed by atoms with Gasteiger partial charge in [0.1, 0.15) is 5.82 Å². The maximum atomic E-state index is 13.6. The van der Waals surface area contributed by atoms with E-state index in [-0.39, 0.29) is 11.2 Å². The van der Waals surface area contributed by atoms with Crippen LogP contribution in [0.1, 0.15) is 78.6 Å². The Hall–Kier alpha value is -1.46. The molecule has 5 heteroatoms. The van der Waals surface area contributed by atoms with Crippen molar-refractivity contribution in [3.8, 4) is 0 Å². The third-order valence-corrected chi connectivity index (χ3v) is 11.4. The first-order valence-electron chi connectivity index (χ1n) is 13.6. The van der Waals surface area contributed by atoms with Crippen LogP contribution in [0.4, 0.5) is 4.39 Å². The molecule has 1 heterocycles. The van der Waals surface area contributed by atoms with Crippen LogP contribution in [0.25, 0.3) is 10.9 Å². The lowest BCUT2D eigenvalue weighted by Gasteiger charge is -2.62. The Morgan fingerprint density at radius 1 is 1.03 bits per heavy atom. The van der Waals surface area contributed by atoms with Crippen LogP contribution in [0, 0.1) is 46.2 Å². The molecule has 0 amide bonds. The van der Waals surface area contributed by atoms with E-state index in [0.717, 1.165) is 48.4 Å². The summed E-state index contributed by atoms with van der Waals surface area (Å²) in [7, 11) is 0. The summed E-state index contributed by atoms with van der Waals surface area (Å²) in [4.78, 5) is 0. The highest BCUT2D eigenvalue weighted by Gasteiger charge is 2.61. The fraction of sp³-hybridized carbons (Fsp3) is 0.759. The molecule has 4 aliphatic rings. The Morgan fingerprint density at radius 2 is 1.82 bits per heavy atom. The van der Waals surface area contributed by atoms with E-state index in [1.165, 1.54) is 44.2 Å². The Kier molecular flexibility index (Phi) is 5.25. The molecule has 6 rings (SSSR count). The van der Waals surface area contributed by atoms with Gasteiger partial charge in [-0.3, -0.25) is 4.68 Å². The van der Waals surface area contributed by atoms with Gasteiger partial charge in [-0.25, -0.2) is 4.39 Å². The lowest BCUT2D eigenvalue weighted by atomic mass is 9.44. The van der Waals surface area contributed by atoms with E-state index in [1.54, 1.807) is 6.07 Å². The monoisotopic (exact) mass is 468 g/mol. The van der Waals surface area contributed by atoms with Gasteiger partial charge in [-0.1, -0.05) is 13.8 Å². The van der Waals surface area contributed by atoms with E-state index in [2.05, 4.69) is 18.9 Å². The summed E-state index contributed by atoms with van der Waals surface area (Å²) in [5, 5.41) is 27.5. The van der Waals surface area contributed by atoms with E-state index >= 15 is 0 Å². The number of fused-ring (bicyclic) bond motifs is 6. The van der Waals surface area contributed by atoms with Gasteiger partial charge in [0.05, 0.1) is 23.8 Å². The van der Waals surface area contributed by atoms with Crippen LogP contribution in [-0.4, -0.2) is 31.7 Å². The molecule has 3 unspecified atom stereocenters. The highest BCUT2D eigenvalue weighted by Crippen LogP contribution is 2.68. The highest BCUT2D eigenvalue weighted by atomic mass is 19.1. The number of hydrogen-bond donors (Lipinski definition) is 2. The van der Waals surface area contributed by atoms with Crippen LogP contribution in [0.15, 0.2) is 24.4 Å². The average Bonchev–Trinajstić information content (AvgIpc) is 3.33. The molecular weight excluding hydrogens is 427 g/mol. The van der Waals surface area contributed by atoms with Gasteiger partial charge in [-0.2, -0.15) is 5.10 Å². The second kappa shape index (κ2) is 7.77. The van der Waals surface area contributed by atoms with Crippen molar-refractivity contribution in [1.82, 2.24) is 9.78 Å². The first kappa shape index (κ1) is 23.0. The van der Waals surface area contributed by atoms with Gasteiger partial charge in [0.2, 0.25) is 0 Å². The molecule has 186 valence electrons. The molecule has 0 bridgehead atoms. The Labute approximate surface area is 202 Å². The number of hydrogen-bond acceptors (Lipinski definition) is 3. The first-order chi connectivity index (χ1) is 16.1. The van der Waals surface area contributed by atoms with Gasteiger partial charge < -0.3 is 10.2 Å². The predicted octanol–water partition coefficient (Wildman–Crippen LogP) is 5.95. The lowest BCUT2D eigenvalue weighted by Crippen LogP contribution is -2.56. The van der Waals surface area contributed by atoms with Crippen LogP contribution >= 0.6 is 0 Å². The zero-order valence-corrected chi connectivity index (χ0v) is 21.0. The second-order valence-electron chi connectivity index (χ2n) is 13.2. The molecule has 34 heavy (non-hydrogen) atoms. The summed E-state index contributed by atoms with van der Waals surface area (Å²) in [5.41, 5.74) is 0.850. The van der Waals surface area contributed by atoms with Crippen molar-refractivity contribution in [2.45, 2.75) is 96.8 Å². The van der Waals surface area contributed by atoms with Crippen molar-refractivity contribution in [2.24, 2.45) is 40.4 Å². The van der Waals surface area contributed by atoms with Gasteiger partial charge >= 0.3 is 0 Å². The van der Waals surface area contributed by atoms with Crippen LogP contribution in [-0.2, 0) is 6.54 Å². The van der Waals surface area contributed by atoms with E-state index in [0.29, 0.717) is 29.7 Å². The van der Waals surface area contributed by atoms with E-state index in [9.17, 15) is 14.6 Å². The number of nitrogens with zero attached hydrogens (tertiary/aromatic N) is 2. The maximum Gasteiger partial charge on any atom is 0.124 e. The normalized spacial score (nSPS) is 44.9. The van der Waals surface area contributed by atoms with Crippen molar-refractivity contribution in [3.63, 3.8) is 0 Å². The summed E-state index contributed by atoms with van der Waals surface area (Å²) in [6.07, 6.45) is 11.8. The lowest BCUT2D eigenvalue weighted by molar-refractivity contribution is -0.150. The minimum atomic E-state index is -0.480. The van der Waals surface area contributed by atoms with E-state index < -0.39 is 11.7 Å². The third kappa shape index (κ3) is 3.48. The second-order valence-corrected chi connectivity index (χ2v) is 13.2. The summed E-state index contributed by atoms with van der Waals surface area (Å²) in [5.74, 6) is 2.92. The molecule has 0 radical (unpaired) electrons. The van der Waals surface area contributed by atoms with E-state index in [4.69, 9.17) is 0 Å². The molecule has 4 saturated carbocycles. The molecule has 1 aromatic heterocycles. The van der Waals surface area contributed by atoms with Crippen molar-refractivity contribution >= 4 is 10.9 Å². The molecule has 0 saturated heterocycles. The largest absolute Gasteiger partial charge is 0.391 e. The van der Waals surface area contributed by atoms with Crippen LogP contribution in [0.2, 0.25) is 0 Å². The Balaban J connectivity index is 1.20. The fourth-order valence-electron chi connectivity index (χ4n) is 9.56. The number of aromatic nitrogens is 2. The maximum absolute atomic E-state index is 13.6. The number of aliphatic hydroxyl groups excluding tert-OH is 1. The van der Waals surface area contributed by atoms with Crippen molar-refractivity contribution in [3.05, 3.63) is 30.2 Å². The third-order valence-electron chi connectivity index (χ3n) is 11.4. The molecule has 0 aliphatic heterocycles. The van der Waals surface area contributed by atoms with Gasteiger partial charge in [0.25, 0.3) is 0 Å². The van der Waals surface area contributed by atoms with E-state index in [1.807, 2.05) is 17.8 Å². The number of halogens is 1. The molecular formula is C29H41FN2O2. The first-order valence-corrected chi connectivity index (χ1v) is 13.6. The zero-order valence-electron chi connectivity index (χ0n) is 21.0. The molecule has 2 aromatic rings. The van der Waals surface area contributed by atoms with Crippen LogP contribution in [0.3, 0.4) is 0 Å². The molecule has 0 spiro atoms. The minimum absolute atomic E-state index is 0.183. The van der Waals surface area contributed by atoms with Crippen molar-refractivity contribution < 1.29 is 14.6 Å². The van der Waals surface area contributed by atoms with Crippen molar-refractivity contribution in [1.29, 1.82) is 0 Å².